The Morgan fingerprint density at radius 1 is 0.619 bits per heavy atom. The normalized spacial score (nSPS) is 13.2. The maximum atomic E-state index is 5.99. The largest absolute Gasteiger partial charge is 0.456 e. The van der Waals surface area contributed by atoms with Gasteiger partial charge in [-0.05, 0) is 46.2 Å². The summed E-state index contributed by atoms with van der Waals surface area (Å²) in [6.07, 6.45) is 0. The fraction of sp³-hybridized carbons (Fsp3) is 0.400. The van der Waals surface area contributed by atoms with Gasteiger partial charge in [0.25, 0.3) is 0 Å². The molecule has 0 fully saturated rings. The van der Waals surface area contributed by atoms with Gasteiger partial charge in [-0.3, -0.25) is 0 Å². The molecule has 3 rings (SSSR count). The molecule has 1 aromatic heterocycles. The van der Waals surface area contributed by atoms with E-state index in [1.165, 1.54) is 21.9 Å². The van der Waals surface area contributed by atoms with E-state index in [0.29, 0.717) is 0 Å². The summed E-state index contributed by atoms with van der Waals surface area (Å²) in [7, 11) is 0. The highest BCUT2D eigenvalue weighted by Crippen LogP contribution is 2.35. The maximum absolute atomic E-state index is 5.99. The monoisotopic (exact) mass is 280 g/mol. The van der Waals surface area contributed by atoms with Gasteiger partial charge in [0, 0.05) is 10.8 Å². The highest BCUT2D eigenvalue weighted by molar-refractivity contribution is 6.05. The highest BCUT2D eigenvalue weighted by Gasteiger charge is 2.18. The lowest BCUT2D eigenvalue weighted by molar-refractivity contribution is 0.590. The van der Waals surface area contributed by atoms with E-state index in [9.17, 15) is 0 Å². The van der Waals surface area contributed by atoms with Crippen molar-refractivity contribution in [3.8, 4) is 0 Å². The van der Waals surface area contributed by atoms with Crippen molar-refractivity contribution in [2.75, 3.05) is 0 Å². The topological polar surface area (TPSA) is 13.1 Å². The molecule has 0 amide bonds. The van der Waals surface area contributed by atoms with Crippen molar-refractivity contribution in [2.45, 2.75) is 52.4 Å². The zero-order chi connectivity index (χ0) is 15.4. The average Bonchev–Trinajstić information content (AvgIpc) is 2.73. The molecule has 1 nitrogen and oxygen atoms in total. The molecule has 0 unspecified atom stereocenters. The summed E-state index contributed by atoms with van der Waals surface area (Å²) in [5.74, 6) is 0. The Kier molecular flexibility index (Phi) is 2.95. The van der Waals surface area contributed by atoms with E-state index >= 15 is 0 Å². The van der Waals surface area contributed by atoms with Crippen molar-refractivity contribution in [3.05, 3.63) is 47.5 Å². The Labute approximate surface area is 127 Å². The van der Waals surface area contributed by atoms with Gasteiger partial charge in [-0.1, -0.05) is 53.7 Å². The van der Waals surface area contributed by atoms with E-state index in [4.69, 9.17) is 4.42 Å². The van der Waals surface area contributed by atoms with Crippen LogP contribution in [-0.4, -0.2) is 0 Å². The highest BCUT2D eigenvalue weighted by atomic mass is 16.3. The molecule has 0 aliphatic heterocycles. The van der Waals surface area contributed by atoms with Crippen molar-refractivity contribution >= 4 is 21.9 Å². The smallest absolute Gasteiger partial charge is 0.135 e. The summed E-state index contributed by atoms with van der Waals surface area (Å²) < 4.78 is 5.99. The minimum Gasteiger partial charge on any atom is -0.456 e. The quantitative estimate of drug-likeness (QED) is 0.479. The first-order valence-corrected chi connectivity index (χ1v) is 7.63. The molecule has 0 radical (unpaired) electrons. The Balaban J connectivity index is 2.31. The van der Waals surface area contributed by atoms with Crippen molar-refractivity contribution in [2.24, 2.45) is 0 Å². The minimum absolute atomic E-state index is 0.152. The lowest BCUT2D eigenvalue weighted by Gasteiger charge is -2.19. The average molecular weight is 280 g/mol. The van der Waals surface area contributed by atoms with E-state index in [1.54, 1.807) is 0 Å². The summed E-state index contributed by atoms with van der Waals surface area (Å²) >= 11 is 0. The van der Waals surface area contributed by atoms with Crippen molar-refractivity contribution in [1.29, 1.82) is 0 Å². The van der Waals surface area contributed by atoms with Crippen LogP contribution in [0, 0.1) is 0 Å². The van der Waals surface area contributed by atoms with Crippen LogP contribution in [0.4, 0.5) is 0 Å². The minimum atomic E-state index is 0.152. The second kappa shape index (κ2) is 4.37. The molecule has 3 aromatic rings. The molecule has 0 atom stereocenters. The van der Waals surface area contributed by atoms with Crippen LogP contribution in [0.1, 0.15) is 52.7 Å². The van der Waals surface area contributed by atoms with Crippen molar-refractivity contribution in [3.63, 3.8) is 0 Å². The van der Waals surface area contributed by atoms with Crippen LogP contribution in [0.15, 0.2) is 40.8 Å². The Bertz CT molecular complexity index is 739. The molecule has 0 spiro atoms. The van der Waals surface area contributed by atoms with Crippen LogP contribution in [-0.2, 0) is 10.8 Å². The molecule has 21 heavy (non-hydrogen) atoms. The number of furan rings is 1. The molecule has 0 saturated heterocycles. The molecule has 1 heterocycles. The molecular weight excluding hydrogens is 256 g/mol. The van der Waals surface area contributed by atoms with Crippen LogP contribution >= 0.6 is 0 Å². The molecular formula is C20H24O. The van der Waals surface area contributed by atoms with Gasteiger partial charge in [0.1, 0.15) is 11.2 Å². The molecule has 0 aliphatic carbocycles. The summed E-state index contributed by atoms with van der Waals surface area (Å²) in [5, 5.41) is 2.45. The van der Waals surface area contributed by atoms with Crippen LogP contribution in [0.5, 0.6) is 0 Å². The standard InChI is InChI=1S/C20H24O/c1-19(2,3)13-7-9-17-15(11-13)16-12-14(20(4,5)6)8-10-18(16)21-17/h7-12H,1-6H3. The SMILES string of the molecule is CC(C)(C)c1ccc2oc3ccc(C(C)(C)C)cc3c2c1. The van der Waals surface area contributed by atoms with Gasteiger partial charge < -0.3 is 4.42 Å². The van der Waals surface area contributed by atoms with E-state index in [0.717, 1.165) is 11.2 Å². The maximum Gasteiger partial charge on any atom is 0.135 e. The first-order valence-electron chi connectivity index (χ1n) is 7.63. The second-order valence-corrected chi connectivity index (χ2v) is 8.02. The van der Waals surface area contributed by atoms with Crippen LogP contribution < -0.4 is 0 Å². The zero-order valence-corrected chi connectivity index (χ0v) is 13.9. The molecule has 0 saturated carbocycles. The van der Waals surface area contributed by atoms with Crippen LogP contribution in [0.2, 0.25) is 0 Å². The third kappa shape index (κ3) is 2.46. The fourth-order valence-electron chi connectivity index (χ4n) is 2.71. The second-order valence-electron chi connectivity index (χ2n) is 8.02. The molecule has 0 aliphatic rings. The summed E-state index contributed by atoms with van der Waals surface area (Å²) in [4.78, 5) is 0. The molecule has 1 heteroatoms. The van der Waals surface area contributed by atoms with E-state index in [2.05, 4.69) is 77.9 Å². The van der Waals surface area contributed by atoms with Crippen molar-refractivity contribution < 1.29 is 4.42 Å². The summed E-state index contributed by atoms with van der Waals surface area (Å²) in [6.45, 7) is 13.5. The zero-order valence-electron chi connectivity index (χ0n) is 13.9. The van der Waals surface area contributed by atoms with Crippen LogP contribution in [0.25, 0.3) is 21.9 Å². The Hall–Kier alpha value is -1.76. The molecule has 0 N–H and O–H groups in total. The van der Waals surface area contributed by atoms with Crippen molar-refractivity contribution in [1.82, 2.24) is 0 Å². The van der Waals surface area contributed by atoms with E-state index < -0.39 is 0 Å². The Morgan fingerprint density at radius 2 is 1.00 bits per heavy atom. The number of hydrogen-bond donors (Lipinski definition) is 0. The summed E-state index contributed by atoms with van der Waals surface area (Å²) in [5.41, 5.74) is 4.95. The van der Waals surface area contributed by atoms with Crippen LogP contribution in [0.3, 0.4) is 0 Å². The Morgan fingerprint density at radius 3 is 1.33 bits per heavy atom. The fourth-order valence-corrected chi connectivity index (χ4v) is 2.71. The molecule has 110 valence electrons. The lowest BCUT2D eigenvalue weighted by Crippen LogP contribution is -2.10. The van der Waals surface area contributed by atoms with Gasteiger partial charge in [0.05, 0.1) is 0 Å². The number of hydrogen-bond acceptors (Lipinski definition) is 1. The summed E-state index contributed by atoms with van der Waals surface area (Å²) in [6, 6.07) is 13.1. The van der Waals surface area contributed by atoms with Gasteiger partial charge in [-0.15, -0.1) is 0 Å². The molecule has 0 bridgehead atoms. The van der Waals surface area contributed by atoms with Gasteiger partial charge >= 0.3 is 0 Å². The van der Waals surface area contributed by atoms with Gasteiger partial charge in [0.15, 0.2) is 0 Å². The predicted octanol–water partition coefficient (Wildman–Crippen LogP) is 6.18. The first kappa shape index (κ1) is 14.2. The third-order valence-electron chi connectivity index (χ3n) is 4.20. The number of benzene rings is 2. The van der Waals surface area contributed by atoms with E-state index in [-0.39, 0.29) is 10.8 Å². The third-order valence-corrected chi connectivity index (χ3v) is 4.20. The van der Waals surface area contributed by atoms with Gasteiger partial charge in [0.2, 0.25) is 0 Å². The predicted molar refractivity (Wildman–Crippen MR) is 91.1 cm³/mol. The van der Waals surface area contributed by atoms with Gasteiger partial charge in [-0.25, -0.2) is 0 Å². The first-order chi connectivity index (χ1) is 9.66. The lowest BCUT2D eigenvalue weighted by atomic mass is 9.85. The van der Waals surface area contributed by atoms with E-state index in [1.807, 2.05) is 0 Å². The number of rotatable bonds is 0. The number of fused-ring (bicyclic) bond motifs is 3. The van der Waals surface area contributed by atoms with Gasteiger partial charge in [-0.2, -0.15) is 0 Å². The molecule has 2 aromatic carbocycles.